The summed E-state index contributed by atoms with van der Waals surface area (Å²) in [6.45, 7) is -0.461. The number of amides is 1. The van der Waals surface area contributed by atoms with Crippen LogP contribution in [-0.4, -0.2) is 64.3 Å². The van der Waals surface area contributed by atoms with Crippen molar-refractivity contribution in [2.24, 2.45) is 23.5 Å². The molecule has 2 unspecified atom stereocenters. The highest BCUT2D eigenvalue weighted by Gasteiger charge is 2.53. The van der Waals surface area contributed by atoms with Crippen molar-refractivity contribution >= 4 is 17.5 Å². The van der Waals surface area contributed by atoms with Crippen LogP contribution in [0.2, 0.25) is 0 Å². The maximum Gasteiger partial charge on any atom is 0.255 e. The number of H-pyrrole nitrogens is 1. The maximum atomic E-state index is 13.1. The van der Waals surface area contributed by atoms with E-state index in [1.165, 1.54) is 0 Å². The molecule has 1 aromatic rings. The lowest BCUT2D eigenvalue weighted by molar-refractivity contribution is -0.126. The molecule has 148 valence electrons. The summed E-state index contributed by atoms with van der Waals surface area (Å²) in [5, 5.41) is 20.8. The molecule has 8 heteroatoms. The Balaban J connectivity index is 1.92. The molecule has 8 nitrogen and oxygen atoms in total. The van der Waals surface area contributed by atoms with Crippen molar-refractivity contribution in [2.45, 2.75) is 18.9 Å². The second-order valence-corrected chi connectivity index (χ2v) is 8.00. The van der Waals surface area contributed by atoms with Crippen LogP contribution >= 0.6 is 0 Å². The second kappa shape index (κ2) is 6.42. The van der Waals surface area contributed by atoms with Gasteiger partial charge in [0.25, 0.3) is 5.91 Å². The summed E-state index contributed by atoms with van der Waals surface area (Å²) in [6.07, 6.45) is 4.54. The van der Waals surface area contributed by atoms with E-state index in [1.807, 2.05) is 0 Å². The summed E-state index contributed by atoms with van der Waals surface area (Å²) in [5.41, 5.74) is 7.23. The first-order chi connectivity index (χ1) is 13.3. The largest absolute Gasteiger partial charge is 0.510 e. The molecule has 0 fully saturated rings. The molecule has 0 radical (unpaired) electrons. The van der Waals surface area contributed by atoms with Crippen LogP contribution in [0.4, 0.5) is 0 Å². The molecule has 4 atom stereocenters. The zero-order chi connectivity index (χ0) is 20.3. The first-order valence-electron chi connectivity index (χ1n) is 9.25. The number of carbonyl (C=O) groups excluding carboxylic acids is 3. The smallest absolute Gasteiger partial charge is 0.255 e. The van der Waals surface area contributed by atoms with Crippen molar-refractivity contribution in [3.8, 4) is 0 Å². The highest BCUT2D eigenvalue weighted by Crippen LogP contribution is 2.49. The second-order valence-electron chi connectivity index (χ2n) is 8.00. The molecule has 3 aliphatic rings. The van der Waals surface area contributed by atoms with Gasteiger partial charge in [0, 0.05) is 23.5 Å². The topological polar surface area (TPSA) is 137 Å². The Morgan fingerprint density at radius 2 is 2.04 bits per heavy atom. The Bertz CT molecular complexity index is 955. The van der Waals surface area contributed by atoms with Gasteiger partial charge in [-0.3, -0.25) is 19.3 Å². The van der Waals surface area contributed by atoms with Crippen molar-refractivity contribution in [3.63, 3.8) is 0 Å². The molecule has 0 saturated heterocycles. The van der Waals surface area contributed by atoms with E-state index in [0.717, 1.165) is 5.56 Å². The lowest BCUT2D eigenvalue weighted by Crippen LogP contribution is -2.53. The van der Waals surface area contributed by atoms with Crippen molar-refractivity contribution in [2.75, 3.05) is 20.7 Å². The number of nitrogens with one attached hydrogen (secondary N) is 1. The first-order valence-corrected chi connectivity index (χ1v) is 9.25. The van der Waals surface area contributed by atoms with Gasteiger partial charge in [0.1, 0.15) is 11.3 Å². The molecule has 1 aromatic heterocycles. The number of aliphatic hydroxyl groups excluding tert-OH is 2. The molecule has 1 heterocycles. The number of ketones is 2. The standard InChI is InChI=1S/C20H23N3O5/c1-23(2)16-10-4-8-3-9-5-22-6-11(9)17(25)13(8)12(7-24)14(10)18(26)15(19(16)27)20(21)28/h5-6,8,10,14,16,22,24,27H,3-4,7H2,1-2H3,(H2,21,28)/t8-,10?,14?,16-/m0/s1. The Morgan fingerprint density at radius 1 is 1.32 bits per heavy atom. The minimum atomic E-state index is -1.000. The number of nitrogens with two attached hydrogens (primary N) is 1. The monoisotopic (exact) mass is 385 g/mol. The van der Waals surface area contributed by atoms with Crippen LogP contribution in [0.5, 0.6) is 0 Å². The Kier molecular flexibility index (Phi) is 4.28. The third kappa shape index (κ3) is 2.41. The normalized spacial score (nSPS) is 29.7. The van der Waals surface area contributed by atoms with Gasteiger partial charge in [-0.05, 0) is 49.9 Å². The molecule has 5 N–H and O–H groups in total. The minimum Gasteiger partial charge on any atom is -0.510 e. The van der Waals surface area contributed by atoms with Crippen molar-refractivity contribution < 1.29 is 24.6 Å². The van der Waals surface area contributed by atoms with Crippen molar-refractivity contribution in [1.82, 2.24) is 9.88 Å². The number of hydrogen-bond donors (Lipinski definition) is 4. The summed E-state index contributed by atoms with van der Waals surface area (Å²) in [4.78, 5) is 42.8. The van der Waals surface area contributed by atoms with Crippen molar-refractivity contribution in [1.29, 1.82) is 0 Å². The Morgan fingerprint density at radius 3 is 2.64 bits per heavy atom. The maximum absolute atomic E-state index is 13.1. The number of nitrogens with zero attached hydrogens (tertiary/aromatic N) is 1. The van der Waals surface area contributed by atoms with Crippen LogP contribution in [0, 0.1) is 17.8 Å². The number of fused-ring (bicyclic) bond motifs is 3. The molecular weight excluding hydrogens is 362 g/mol. The minimum absolute atomic E-state index is 0.155. The highest BCUT2D eigenvalue weighted by molar-refractivity contribution is 6.22. The van der Waals surface area contributed by atoms with Crippen LogP contribution in [-0.2, 0) is 16.0 Å². The molecule has 0 aliphatic heterocycles. The molecule has 0 spiro atoms. The van der Waals surface area contributed by atoms with E-state index in [4.69, 9.17) is 5.73 Å². The molecule has 3 aliphatic carbocycles. The number of allylic oxidation sites excluding steroid dienone is 1. The fraction of sp³-hybridized carbons (Fsp3) is 0.450. The molecular formula is C20H23N3O5. The number of aliphatic hydroxyl groups is 2. The first kappa shape index (κ1) is 18.6. The van der Waals surface area contributed by atoms with Crippen LogP contribution < -0.4 is 5.73 Å². The third-order valence-corrected chi connectivity index (χ3v) is 6.35. The van der Waals surface area contributed by atoms with E-state index < -0.39 is 35.8 Å². The van der Waals surface area contributed by atoms with Gasteiger partial charge in [-0.15, -0.1) is 0 Å². The van der Waals surface area contributed by atoms with Crippen LogP contribution in [0.25, 0.3) is 0 Å². The Labute approximate surface area is 161 Å². The van der Waals surface area contributed by atoms with Crippen LogP contribution in [0.15, 0.2) is 34.9 Å². The molecule has 0 bridgehead atoms. The fourth-order valence-electron chi connectivity index (χ4n) is 5.33. The lowest BCUT2D eigenvalue weighted by atomic mass is 9.59. The molecule has 4 rings (SSSR count). The summed E-state index contributed by atoms with van der Waals surface area (Å²) >= 11 is 0. The van der Waals surface area contributed by atoms with Crippen molar-refractivity contribution in [3.05, 3.63) is 46.0 Å². The van der Waals surface area contributed by atoms with Crippen LogP contribution in [0.3, 0.4) is 0 Å². The molecule has 1 amide bonds. The number of aromatic nitrogens is 1. The summed E-state index contributed by atoms with van der Waals surface area (Å²) in [5.74, 6) is -3.51. The van der Waals surface area contributed by atoms with Gasteiger partial charge in [-0.2, -0.15) is 0 Å². The van der Waals surface area contributed by atoms with Gasteiger partial charge >= 0.3 is 0 Å². The van der Waals surface area contributed by atoms with E-state index >= 15 is 0 Å². The zero-order valence-electron chi connectivity index (χ0n) is 15.7. The van der Waals surface area contributed by atoms with Crippen LogP contribution in [0.1, 0.15) is 22.3 Å². The van der Waals surface area contributed by atoms with E-state index in [9.17, 15) is 24.6 Å². The molecule has 0 aromatic carbocycles. The van der Waals surface area contributed by atoms with Gasteiger partial charge in [0.05, 0.1) is 18.6 Å². The summed E-state index contributed by atoms with van der Waals surface area (Å²) < 4.78 is 0. The fourth-order valence-corrected chi connectivity index (χ4v) is 5.33. The number of hydrogen-bond acceptors (Lipinski definition) is 6. The zero-order valence-corrected chi connectivity index (χ0v) is 15.7. The number of likely N-dealkylation sites (N-methyl/N-ethyl adjacent to an activating group) is 1. The quantitative estimate of drug-likeness (QED) is 0.545. The summed E-state index contributed by atoms with van der Waals surface area (Å²) in [7, 11) is 3.50. The van der Waals surface area contributed by atoms with E-state index in [2.05, 4.69) is 4.98 Å². The lowest BCUT2D eigenvalue weighted by Gasteiger charge is -2.47. The molecule has 0 saturated carbocycles. The molecule has 28 heavy (non-hydrogen) atoms. The number of Topliss-reactive ketones (excluding diaryl/α,β-unsaturated/α-hetero) is 2. The predicted molar refractivity (Wildman–Crippen MR) is 99.4 cm³/mol. The van der Waals surface area contributed by atoms with Gasteiger partial charge in [-0.25, -0.2) is 0 Å². The average molecular weight is 385 g/mol. The third-order valence-electron chi connectivity index (χ3n) is 6.35. The number of aromatic amines is 1. The number of rotatable bonds is 3. The average Bonchev–Trinajstić information content (AvgIpc) is 3.08. The number of primary amides is 1. The van der Waals surface area contributed by atoms with Gasteiger partial charge in [0.2, 0.25) is 0 Å². The summed E-state index contributed by atoms with van der Waals surface area (Å²) in [6, 6.07) is -0.601. The van der Waals surface area contributed by atoms with E-state index in [0.29, 0.717) is 29.6 Å². The van der Waals surface area contributed by atoms with Gasteiger partial charge in [-0.1, -0.05) is 0 Å². The van der Waals surface area contributed by atoms with Gasteiger partial charge in [0.15, 0.2) is 11.6 Å². The Hall–Kier alpha value is -2.71. The SMILES string of the molecule is CN(C)[C@@H]1C(O)=C(C(N)=O)C(=O)C2C(CO)=C3C(=O)c4c[nH]cc4C[C@H]3CC21. The highest BCUT2D eigenvalue weighted by atomic mass is 16.3. The predicted octanol–water partition coefficient (Wildman–Crippen LogP) is 0.105. The van der Waals surface area contributed by atoms with Gasteiger partial charge < -0.3 is 20.9 Å². The van der Waals surface area contributed by atoms with E-state index in [1.54, 1.807) is 31.4 Å². The number of carbonyl (C=O) groups is 3. The van der Waals surface area contributed by atoms with E-state index in [-0.39, 0.29) is 23.4 Å².